The molecule has 0 radical (unpaired) electrons. The normalized spacial score (nSPS) is 21.9. The third-order valence-electron chi connectivity index (χ3n) is 4.36. The number of hydrogen-bond donors (Lipinski definition) is 2. The molecule has 1 saturated heterocycles. The summed E-state index contributed by atoms with van der Waals surface area (Å²) in [5.74, 6) is 1.66. The average molecular weight is 334 g/mol. The molecule has 4 heteroatoms. The molecule has 1 fully saturated rings. The highest BCUT2D eigenvalue weighted by molar-refractivity contribution is 7.80. The Morgan fingerprint density at radius 1 is 1.13 bits per heavy atom. The zero-order valence-corrected chi connectivity index (χ0v) is 15.8. The fourth-order valence-corrected chi connectivity index (χ4v) is 3.92. The highest BCUT2D eigenvalue weighted by Gasteiger charge is 2.20. The molecular formula is C19H31N3S. The Kier molecular flexibility index (Phi) is 6.85. The minimum Gasteiger partial charge on any atom is -0.362 e. The summed E-state index contributed by atoms with van der Waals surface area (Å²) in [5, 5.41) is 7.33. The molecule has 1 heterocycles. The Morgan fingerprint density at radius 2 is 1.74 bits per heavy atom. The molecule has 0 aliphatic carbocycles. The van der Waals surface area contributed by atoms with E-state index >= 15 is 0 Å². The maximum atomic E-state index is 5.39. The van der Waals surface area contributed by atoms with E-state index in [-0.39, 0.29) is 0 Å². The van der Waals surface area contributed by atoms with Crippen LogP contribution in [0.5, 0.6) is 0 Å². The van der Waals surface area contributed by atoms with Crippen molar-refractivity contribution in [3.63, 3.8) is 0 Å². The molecule has 2 N–H and O–H groups in total. The van der Waals surface area contributed by atoms with Crippen molar-refractivity contribution in [2.24, 2.45) is 11.8 Å². The van der Waals surface area contributed by atoms with Crippen LogP contribution in [0.15, 0.2) is 18.2 Å². The minimum absolute atomic E-state index is 0.718. The first kappa shape index (κ1) is 18.2. The second-order valence-electron chi connectivity index (χ2n) is 7.32. The van der Waals surface area contributed by atoms with E-state index in [0.717, 1.165) is 42.1 Å². The summed E-state index contributed by atoms with van der Waals surface area (Å²) in [6.07, 6.45) is 2.51. The summed E-state index contributed by atoms with van der Waals surface area (Å²) in [6, 6.07) is 6.41. The Morgan fingerprint density at radius 3 is 2.35 bits per heavy atom. The lowest BCUT2D eigenvalue weighted by molar-refractivity contribution is 0.140. The number of rotatable bonds is 5. The Balaban J connectivity index is 1.66. The zero-order valence-electron chi connectivity index (χ0n) is 15.0. The molecule has 0 aromatic heterocycles. The van der Waals surface area contributed by atoms with Crippen molar-refractivity contribution in [1.29, 1.82) is 0 Å². The number of benzene rings is 1. The second-order valence-corrected chi connectivity index (χ2v) is 7.72. The van der Waals surface area contributed by atoms with E-state index < -0.39 is 0 Å². The van der Waals surface area contributed by atoms with E-state index in [4.69, 9.17) is 12.2 Å². The number of nitrogens with zero attached hydrogens (tertiary/aromatic N) is 1. The third-order valence-corrected chi connectivity index (χ3v) is 4.61. The van der Waals surface area contributed by atoms with Crippen molar-refractivity contribution in [2.45, 2.75) is 40.5 Å². The topological polar surface area (TPSA) is 27.3 Å². The zero-order chi connectivity index (χ0) is 16.8. The van der Waals surface area contributed by atoms with Gasteiger partial charge in [0.1, 0.15) is 0 Å². The van der Waals surface area contributed by atoms with Gasteiger partial charge < -0.3 is 15.5 Å². The molecule has 1 aliphatic rings. The fraction of sp³-hybridized carbons (Fsp3) is 0.632. The Bertz CT molecular complexity index is 499. The quantitative estimate of drug-likeness (QED) is 0.630. The maximum absolute atomic E-state index is 5.39. The number of nitrogens with one attached hydrogen (secondary N) is 2. The smallest absolute Gasteiger partial charge is 0.170 e. The van der Waals surface area contributed by atoms with Crippen LogP contribution in [0, 0.1) is 25.7 Å². The molecule has 0 bridgehead atoms. The summed E-state index contributed by atoms with van der Waals surface area (Å²) < 4.78 is 0. The SMILES string of the molecule is Cc1cc(C)cc(NC(=S)NCCCN2C[C@@H](C)C[C@H](C)C2)c1. The van der Waals surface area contributed by atoms with Gasteiger partial charge in [-0.3, -0.25) is 0 Å². The molecule has 0 spiro atoms. The summed E-state index contributed by atoms with van der Waals surface area (Å²) in [4.78, 5) is 2.60. The number of hydrogen-bond acceptors (Lipinski definition) is 2. The van der Waals surface area contributed by atoms with Crippen molar-refractivity contribution < 1.29 is 0 Å². The van der Waals surface area contributed by atoms with E-state index in [1.54, 1.807) is 0 Å². The lowest BCUT2D eigenvalue weighted by Crippen LogP contribution is -2.40. The van der Waals surface area contributed by atoms with Crippen LogP contribution in [0.25, 0.3) is 0 Å². The van der Waals surface area contributed by atoms with Gasteiger partial charge in [-0.05, 0) is 80.5 Å². The molecule has 128 valence electrons. The van der Waals surface area contributed by atoms with Crippen LogP contribution in [0.1, 0.15) is 37.8 Å². The molecule has 1 aromatic carbocycles. The molecule has 1 aliphatic heterocycles. The van der Waals surface area contributed by atoms with Crippen molar-refractivity contribution in [3.8, 4) is 0 Å². The summed E-state index contributed by atoms with van der Waals surface area (Å²) in [6.45, 7) is 13.5. The highest BCUT2D eigenvalue weighted by atomic mass is 32.1. The van der Waals surface area contributed by atoms with Crippen LogP contribution in [0.4, 0.5) is 5.69 Å². The van der Waals surface area contributed by atoms with Crippen molar-refractivity contribution in [3.05, 3.63) is 29.3 Å². The fourth-order valence-electron chi connectivity index (χ4n) is 3.70. The minimum atomic E-state index is 0.718. The number of piperidine rings is 1. The van der Waals surface area contributed by atoms with E-state index in [1.807, 2.05) is 0 Å². The summed E-state index contributed by atoms with van der Waals surface area (Å²) in [5.41, 5.74) is 3.57. The van der Waals surface area contributed by atoms with Gasteiger partial charge in [0.05, 0.1) is 0 Å². The molecular weight excluding hydrogens is 302 g/mol. The average Bonchev–Trinajstić information content (AvgIpc) is 2.41. The lowest BCUT2D eigenvalue weighted by Gasteiger charge is -2.35. The molecule has 3 nitrogen and oxygen atoms in total. The molecule has 0 unspecified atom stereocenters. The van der Waals surface area contributed by atoms with Crippen molar-refractivity contribution >= 4 is 23.0 Å². The van der Waals surface area contributed by atoms with Gasteiger partial charge in [-0.15, -0.1) is 0 Å². The summed E-state index contributed by atoms with van der Waals surface area (Å²) in [7, 11) is 0. The molecule has 2 rings (SSSR count). The van der Waals surface area contributed by atoms with E-state index in [1.165, 1.54) is 30.6 Å². The maximum Gasteiger partial charge on any atom is 0.170 e. The Labute approximate surface area is 146 Å². The third kappa shape index (κ3) is 6.48. The predicted molar refractivity (Wildman–Crippen MR) is 104 cm³/mol. The van der Waals surface area contributed by atoms with Crippen LogP contribution < -0.4 is 10.6 Å². The van der Waals surface area contributed by atoms with Crippen LogP contribution in [0.3, 0.4) is 0 Å². The molecule has 0 saturated carbocycles. The molecule has 2 atom stereocenters. The van der Waals surface area contributed by atoms with Gasteiger partial charge >= 0.3 is 0 Å². The molecule has 1 aromatic rings. The van der Waals surface area contributed by atoms with Gasteiger partial charge in [0.15, 0.2) is 5.11 Å². The van der Waals surface area contributed by atoms with Crippen LogP contribution >= 0.6 is 12.2 Å². The van der Waals surface area contributed by atoms with Crippen molar-refractivity contribution in [2.75, 3.05) is 31.5 Å². The van der Waals surface area contributed by atoms with Gasteiger partial charge in [-0.1, -0.05) is 19.9 Å². The number of aryl methyl sites for hydroxylation is 2. The van der Waals surface area contributed by atoms with Gasteiger partial charge in [0.25, 0.3) is 0 Å². The van der Waals surface area contributed by atoms with Gasteiger partial charge in [-0.25, -0.2) is 0 Å². The Hall–Kier alpha value is -1.13. The van der Waals surface area contributed by atoms with E-state index in [9.17, 15) is 0 Å². The number of likely N-dealkylation sites (tertiary alicyclic amines) is 1. The molecule has 23 heavy (non-hydrogen) atoms. The standard InChI is InChI=1S/C19H31N3S/c1-14-8-15(2)11-18(10-14)21-19(23)20-6-5-7-22-12-16(3)9-17(4)13-22/h8,10-11,16-17H,5-7,9,12-13H2,1-4H3,(H2,20,21,23)/t16-,17-/m0/s1. The van der Waals surface area contributed by atoms with Crippen LogP contribution in [-0.2, 0) is 0 Å². The lowest BCUT2D eigenvalue weighted by atomic mass is 9.92. The first-order valence-corrected chi connectivity index (χ1v) is 9.18. The summed E-state index contributed by atoms with van der Waals surface area (Å²) >= 11 is 5.39. The van der Waals surface area contributed by atoms with Gasteiger partial charge in [-0.2, -0.15) is 0 Å². The van der Waals surface area contributed by atoms with Gasteiger partial charge in [0.2, 0.25) is 0 Å². The van der Waals surface area contributed by atoms with Gasteiger partial charge in [0, 0.05) is 25.3 Å². The van der Waals surface area contributed by atoms with E-state index in [0.29, 0.717) is 0 Å². The predicted octanol–water partition coefficient (Wildman–Crippen LogP) is 3.96. The van der Waals surface area contributed by atoms with Crippen LogP contribution in [0.2, 0.25) is 0 Å². The second kappa shape index (κ2) is 8.65. The monoisotopic (exact) mass is 333 g/mol. The first-order chi connectivity index (χ1) is 10.9. The first-order valence-electron chi connectivity index (χ1n) is 8.78. The van der Waals surface area contributed by atoms with Crippen LogP contribution in [-0.4, -0.2) is 36.2 Å². The van der Waals surface area contributed by atoms with E-state index in [2.05, 4.69) is 61.4 Å². The number of thiocarbonyl (C=S) groups is 1. The molecule has 0 amide bonds. The largest absolute Gasteiger partial charge is 0.362 e. The number of anilines is 1. The van der Waals surface area contributed by atoms with Crippen molar-refractivity contribution in [1.82, 2.24) is 10.2 Å². The highest BCUT2D eigenvalue weighted by Crippen LogP contribution is 2.20.